The van der Waals surface area contributed by atoms with Gasteiger partial charge >= 0.3 is 12.2 Å². The van der Waals surface area contributed by atoms with Crippen molar-refractivity contribution in [1.29, 1.82) is 0 Å². The van der Waals surface area contributed by atoms with Crippen LogP contribution in [-0.2, 0) is 4.74 Å². The Morgan fingerprint density at radius 3 is 2.75 bits per heavy atom. The molecule has 1 saturated carbocycles. The lowest BCUT2D eigenvalue weighted by molar-refractivity contribution is -0.150. The summed E-state index contributed by atoms with van der Waals surface area (Å²) in [5, 5.41) is 9.14. The summed E-state index contributed by atoms with van der Waals surface area (Å²) in [7, 11) is 0. The summed E-state index contributed by atoms with van der Waals surface area (Å²) in [6, 6.07) is -2.22. The number of nitrogens with one attached hydrogen (secondary N) is 1. The largest absolute Gasteiger partial charge is 0.410 e. The van der Waals surface area contributed by atoms with Crippen molar-refractivity contribution in [3.63, 3.8) is 0 Å². The van der Waals surface area contributed by atoms with Crippen LogP contribution in [0, 0.1) is 0 Å². The van der Waals surface area contributed by atoms with Crippen molar-refractivity contribution in [1.82, 2.24) is 20.4 Å². The highest BCUT2D eigenvalue weighted by Gasteiger charge is 2.49. The average molecular weight is 366 g/mol. The van der Waals surface area contributed by atoms with Crippen LogP contribution in [0.2, 0.25) is 5.15 Å². The second-order valence-electron chi connectivity index (χ2n) is 5.76. The maximum atomic E-state index is 12.9. The summed E-state index contributed by atoms with van der Waals surface area (Å²) in [6.07, 6.45) is -2.71. The number of nitrogens with two attached hydrogens (primary N) is 1. The van der Waals surface area contributed by atoms with Gasteiger partial charge in [0, 0.05) is 5.56 Å². The molecule has 1 aromatic heterocycles. The Hall–Kier alpha value is -1.81. The van der Waals surface area contributed by atoms with Crippen molar-refractivity contribution in [2.45, 2.75) is 37.2 Å². The number of ether oxygens (including phenoxy) is 1. The van der Waals surface area contributed by atoms with Crippen LogP contribution < -0.4 is 11.1 Å². The van der Waals surface area contributed by atoms with E-state index in [1.807, 2.05) is 5.32 Å². The van der Waals surface area contributed by atoms with E-state index in [-0.39, 0.29) is 23.7 Å². The number of rotatable bonds is 5. The van der Waals surface area contributed by atoms with E-state index in [4.69, 9.17) is 22.1 Å². The molecule has 0 spiro atoms. The molecule has 1 unspecified atom stereocenters. The minimum absolute atomic E-state index is 0.00746. The monoisotopic (exact) mass is 365 g/mol. The Bertz CT molecular complexity index is 641. The van der Waals surface area contributed by atoms with Crippen molar-refractivity contribution in [3.8, 4) is 0 Å². The Balaban J connectivity index is 1.86. The van der Waals surface area contributed by atoms with E-state index in [1.165, 1.54) is 6.07 Å². The van der Waals surface area contributed by atoms with Crippen molar-refractivity contribution < 1.29 is 22.7 Å². The van der Waals surface area contributed by atoms with E-state index >= 15 is 0 Å². The van der Waals surface area contributed by atoms with Crippen LogP contribution in [0.25, 0.3) is 0 Å². The minimum Gasteiger partial charge on any atom is -0.382 e. The molecule has 2 amide bonds. The maximum absolute atomic E-state index is 12.9. The molecule has 3 rings (SSSR count). The Labute approximate surface area is 140 Å². The summed E-state index contributed by atoms with van der Waals surface area (Å²) < 4.78 is 44.3. The number of nitrogens with zero attached hydrogens (tertiary/aromatic N) is 3. The molecule has 24 heavy (non-hydrogen) atoms. The molecule has 0 radical (unpaired) electrons. The van der Waals surface area contributed by atoms with Gasteiger partial charge in [0.15, 0.2) is 5.15 Å². The molecule has 11 heteroatoms. The predicted molar refractivity (Wildman–Crippen MR) is 78.3 cm³/mol. The second-order valence-corrected chi connectivity index (χ2v) is 6.12. The van der Waals surface area contributed by atoms with Gasteiger partial charge in [-0.1, -0.05) is 11.6 Å². The Kier molecular flexibility index (Phi) is 4.43. The molecule has 2 heterocycles. The molecule has 2 aliphatic rings. The van der Waals surface area contributed by atoms with E-state index in [2.05, 4.69) is 10.2 Å². The third-order valence-corrected chi connectivity index (χ3v) is 4.17. The van der Waals surface area contributed by atoms with Gasteiger partial charge in [0.25, 0.3) is 0 Å². The second kappa shape index (κ2) is 6.25. The van der Waals surface area contributed by atoms with E-state index in [0.717, 1.165) is 17.7 Å². The fourth-order valence-corrected chi connectivity index (χ4v) is 2.68. The predicted octanol–water partition coefficient (Wildman–Crippen LogP) is 1.89. The van der Waals surface area contributed by atoms with E-state index in [1.54, 1.807) is 0 Å². The van der Waals surface area contributed by atoms with Crippen LogP contribution in [0.15, 0.2) is 6.07 Å². The molecule has 0 aromatic carbocycles. The molecule has 2 fully saturated rings. The van der Waals surface area contributed by atoms with Crippen LogP contribution in [0.4, 0.5) is 23.8 Å². The number of carbonyl (C=O) groups excluding carboxylic acids is 1. The van der Waals surface area contributed by atoms with E-state index < -0.39 is 30.8 Å². The number of halogens is 4. The Morgan fingerprint density at radius 1 is 1.46 bits per heavy atom. The van der Waals surface area contributed by atoms with Crippen molar-refractivity contribution >= 4 is 23.4 Å². The van der Waals surface area contributed by atoms with Gasteiger partial charge in [-0.3, -0.25) is 0 Å². The molecule has 1 aromatic rings. The van der Waals surface area contributed by atoms with Gasteiger partial charge in [-0.25, -0.2) is 4.79 Å². The van der Waals surface area contributed by atoms with Crippen molar-refractivity contribution in [3.05, 3.63) is 16.8 Å². The lowest BCUT2D eigenvalue weighted by Gasteiger charge is -2.27. The first kappa shape index (κ1) is 17.0. The number of amides is 2. The highest BCUT2D eigenvalue weighted by atomic mass is 35.5. The minimum atomic E-state index is -4.54. The number of anilines is 1. The van der Waals surface area contributed by atoms with Crippen LogP contribution in [0.5, 0.6) is 0 Å². The quantitative estimate of drug-likeness (QED) is 0.831. The van der Waals surface area contributed by atoms with Crippen molar-refractivity contribution in [2.24, 2.45) is 0 Å². The molecule has 1 aliphatic heterocycles. The molecule has 3 N–H and O–H groups in total. The van der Waals surface area contributed by atoms with E-state index in [0.29, 0.717) is 5.56 Å². The number of alkyl halides is 3. The molecule has 0 bridgehead atoms. The molecule has 1 aliphatic carbocycles. The third kappa shape index (κ3) is 3.64. The summed E-state index contributed by atoms with van der Waals surface area (Å²) in [5.41, 5.74) is 5.90. The molecule has 2 atom stereocenters. The summed E-state index contributed by atoms with van der Waals surface area (Å²) >= 11 is 6.01. The number of urea groups is 1. The number of hydrogen-bond acceptors (Lipinski definition) is 5. The van der Waals surface area contributed by atoms with Crippen LogP contribution in [0.1, 0.15) is 24.4 Å². The standard InChI is InChI=1S/C13H15ClF3N5O2/c14-11-7(3-10(18)20-21-11)8(5-24-6-1-2-6)22-4-9(13(15,16)17)19-12(22)23/h3,6,8-9H,1-2,4-5H2,(H2,18,20)(H,19,23)/t8?,9-/m0/s1. The first-order valence-electron chi connectivity index (χ1n) is 7.29. The zero-order valence-electron chi connectivity index (χ0n) is 12.4. The molecule has 7 nitrogen and oxygen atoms in total. The zero-order chi connectivity index (χ0) is 17.5. The Morgan fingerprint density at radius 2 is 2.17 bits per heavy atom. The summed E-state index contributed by atoms with van der Waals surface area (Å²) in [6.45, 7) is -0.535. The first-order valence-corrected chi connectivity index (χ1v) is 7.67. The van der Waals surface area contributed by atoms with Gasteiger partial charge in [-0.05, 0) is 18.9 Å². The third-order valence-electron chi connectivity index (χ3n) is 3.88. The van der Waals surface area contributed by atoms with Crippen LogP contribution in [0.3, 0.4) is 0 Å². The lowest BCUT2D eigenvalue weighted by Crippen LogP contribution is -2.40. The van der Waals surface area contributed by atoms with Gasteiger partial charge in [0.05, 0.1) is 25.3 Å². The SMILES string of the molecule is Nc1cc(C(COC2CC2)N2C[C@@H](C(F)(F)F)NC2=O)c(Cl)nn1. The zero-order valence-corrected chi connectivity index (χ0v) is 13.1. The number of carbonyl (C=O) groups is 1. The van der Waals surface area contributed by atoms with Gasteiger partial charge < -0.3 is 20.7 Å². The molecular formula is C13H15ClF3N5O2. The average Bonchev–Trinajstić information content (AvgIpc) is 3.23. The topological polar surface area (TPSA) is 93.4 Å². The number of hydrogen-bond donors (Lipinski definition) is 2. The number of aromatic nitrogens is 2. The molecular weight excluding hydrogens is 351 g/mol. The molecule has 1 saturated heterocycles. The molecule has 132 valence electrons. The van der Waals surface area contributed by atoms with Crippen LogP contribution in [-0.4, -0.2) is 52.6 Å². The maximum Gasteiger partial charge on any atom is 0.410 e. The number of nitrogen functional groups attached to an aromatic ring is 1. The van der Waals surface area contributed by atoms with Gasteiger partial charge in [-0.2, -0.15) is 13.2 Å². The smallest absolute Gasteiger partial charge is 0.382 e. The highest BCUT2D eigenvalue weighted by molar-refractivity contribution is 6.30. The van der Waals surface area contributed by atoms with E-state index in [9.17, 15) is 18.0 Å². The van der Waals surface area contributed by atoms with Gasteiger partial charge in [0.1, 0.15) is 11.9 Å². The fraction of sp³-hybridized carbons (Fsp3) is 0.615. The van der Waals surface area contributed by atoms with Gasteiger partial charge in [-0.15, -0.1) is 10.2 Å². The fourth-order valence-electron chi connectivity index (χ4n) is 2.46. The summed E-state index contributed by atoms with van der Waals surface area (Å²) in [4.78, 5) is 13.1. The highest BCUT2D eigenvalue weighted by Crippen LogP contribution is 2.34. The van der Waals surface area contributed by atoms with Crippen LogP contribution >= 0.6 is 11.6 Å². The first-order chi connectivity index (χ1) is 11.3. The van der Waals surface area contributed by atoms with Gasteiger partial charge in [0.2, 0.25) is 0 Å². The van der Waals surface area contributed by atoms with Crippen molar-refractivity contribution in [2.75, 3.05) is 18.9 Å². The summed E-state index contributed by atoms with van der Waals surface area (Å²) in [5.74, 6) is 0.0535. The normalized spacial score (nSPS) is 22.6. The lowest BCUT2D eigenvalue weighted by atomic mass is 10.1.